The molecule has 0 amide bonds. The summed E-state index contributed by atoms with van der Waals surface area (Å²) in [6, 6.07) is 2.25. The van der Waals surface area contributed by atoms with Gasteiger partial charge in [0.1, 0.15) is 5.75 Å². The van der Waals surface area contributed by atoms with Crippen LogP contribution in [0.15, 0.2) is 6.07 Å². The van der Waals surface area contributed by atoms with E-state index in [9.17, 15) is 0 Å². The number of hydrogen-bond acceptors (Lipinski definition) is 2. The monoisotopic (exact) mass is 233 g/mol. The smallest absolute Gasteiger partial charge is 0.122 e. The fraction of sp³-hybridized carbons (Fsp3) is 0.600. The Morgan fingerprint density at radius 1 is 1.35 bits per heavy atom. The summed E-state index contributed by atoms with van der Waals surface area (Å²) in [7, 11) is 3.98. The Bertz CT molecular complexity index is 423. The van der Waals surface area contributed by atoms with Crippen LogP contribution in [0.5, 0.6) is 5.75 Å². The molecule has 94 valence electrons. The maximum atomic E-state index is 5.57. The van der Waals surface area contributed by atoms with Crippen LogP contribution in [0.4, 0.5) is 0 Å². The van der Waals surface area contributed by atoms with Gasteiger partial charge in [-0.25, -0.2) is 0 Å². The highest BCUT2D eigenvalue weighted by atomic mass is 16.5. The van der Waals surface area contributed by atoms with E-state index in [1.807, 2.05) is 0 Å². The van der Waals surface area contributed by atoms with E-state index in [1.54, 1.807) is 7.11 Å². The lowest BCUT2D eigenvalue weighted by Crippen LogP contribution is -2.27. The first-order valence-corrected chi connectivity index (χ1v) is 6.42. The van der Waals surface area contributed by atoms with Crippen molar-refractivity contribution in [3.63, 3.8) is 0 Å². The summed E-state index contributed by atoms with van der Waals surface area (Å²) in [5.74, 6) is 1.59. The molecule has 0 bridgehead atoms. The van der Waals surface area contributed by atoms with Gasteiger partial charge in [0, 0.05) is 13.1 Å². The van der Waals surface area contributed by atoms with Gasteiger partial charge in [-0.3, -0.25) is 0 Å². The molecule has 17 heavy (non-hydrogen) atoms. The molecule has 0 fully saturated rings. The Hall–Kier alpha value is -1.02. The molecule has 2 rings (SSSR count). The molecule has 2 heteroatoms. The van der Waals surface area contributed by atoms with Gasteiger partial charge in [0.05, 0.1) is 7.11 Å². The summed E-state index contributed by atoms with van der Waals surface area (Å²) in [5.41, 5.74) is 5.80. The highest BCUT2D eigenvalue weighted by Crippen LogP contribution is 2.36. The molecule has 0 radical (unpaired) electrons. The molecule has 0 saturated heterocycles. The zero-order valence-corrected chi connectivity index (χ0v) is 11.6. The second-order valence-corrected chi connectivity index (χ2v) is 5.40. The van der Waals surface area contributed by atoms with Gasteiger partial charge in [0.25, 0.3) is 0 Å². The van der Waals surface area contributed by atoms with Gasteiger partial charge in [0.15, 0.2) is 0 Å². The van der Waals surface area contributed by atoms with E-state index in [1.165, 1.54) is 22.3 Å². The Kier molecular flexibility index (Phi) is 3.43. The zero-order chi connectivity index (χ0) is 12.6. The number of nitrogens with zero attached hydrogens (tertiary/aromatic N) is 1. The molecular formula is C15H23NO. The van der Waals surface area contributed by atoms with Gasteiger partial charge in [-0.15, -0.1) is 0 Å². The van der Waals surface area contributed by atoms with E-state index in [4.69, 9.17) is 4.74 Å². The van der Waals surface area contributed by atoms with Crippen molar-refractivity contribution in [3.05, 3.63) is 28.3 Å². The largest absolute Gasteiger partial charge is 0.496 e. The van der Waals surface area contributed by atoms with Gasteiger partial charge < -0.3 is 9.64 Å². The molecule has 1 aliphatic heterocycles. The average molecular weight is 233 g/mol. The first-order valence-electron chi connectivity index (χ1n) is 6.42. The molecule has 2 nitrogen and oxygen atoms in total. The second kappa shape index (κ2) is 4.69. The second-order valence-electron chi connectivity index (χ2n) is 5.40. The van der Waals surface area contributed by atoms with Crippen LogP contribution >= 0.6 is 0 Å². The van der Waals surface area contributed by atoms with Crippen molar-refractivity contribution < 1.29 is 4.74 Å². The molecule has 1 aliphatic rings. The number of likely N-dealkylation sites (N-methyl/N-ethyl adjacent to an activating group) is 1. The first kappa shape index (κ1) is 12.4. The summed E-state index contributed by atoms with van der Waals surface area (Å²) in [4.78, 5) is 2.39. The van der Waals surface area contributed by atoms with Crippen LogP contribution in [-0.2, 0) is 13.0 Å². The molecule has 1 heterocycles. The van der Waals surface area contributed by atoms with Gasteiger partial charge in [-0.05, 0) is 54.6 Å². The van der Waals surface area contributed by atoms with Crippen LogP contribution in [0.1, 0.15) is 42.0 Å². The minimum Gasteiger partial charge on any atom is -0.496 e. The van der Waals surface area contributed by atoms with E-state index in [-0.39, 0.29) is 0 Å². The van der Waals surface area contributed by atoms with Crippen molar-refractivity contribution in [3.8, 4) is 5.75 Å². The molecule has 0 spiro atoms. The van der Waals surface area contributed by atoms with E-state index in [2.05, 4.69) is 38.8 Å². The van der Waals surface area contributed by atoms with Crippen molar-refractivity contribution in [1.82, 2.24) is 4.90 Å². The van der Waals surface area contributed by atoms with Gasteiger partial charge in [-0.1, -0.05) is 13.8 Å². The van der Waals surface area contributed by atoms with Crippen LogP contribution in [0.25, 0.3) is 0 Å². The van der Waals surface area contributed by atoms with Crippen LogP contribution in [0.3, 0.4) is 0 Å². The van der Waals surface area contributed by atoms with Gasteiger partial charge >= 0.3 is 0 Å². The Morgan fingerprint density at radius 3 is 2.65 bits per heavy atom. The number of hydrogen-bond donors (Lipinski definition) is 0. The lowest BCUT2D eigenvalue weighted by atomic mass is 9.87. The number of rotatable bonds is 2. The van der Waals surface area contributed by atoms with E-state index in [0.29, 0.717) is 5.92 Å². The molecular weight excluding hydrogens is 210 g/mol. The SMILES string of the molecule is COc1cc2c(c(C)c1C(C)C)CN(C)CC2. The summed E-state index contributed by atoms with van der Waals surface area (Å²) in [5, 5.41) is 0. The van der Waals surface area contributed by atoms with Crippen LogP contribution in [0, 0.1) is 6.92 Å². The lowest BCUT2D eigenvalue weighted by Gasteiger charge is -2.29. The van der Waals surface area contributed by atoms with Crippen molar-refractivity contribution in [2.45, 2.75) is 39.7 Å². The summed E-state index contributed by atoms with van der Waals surface area (Å²) >= 11 is 0. The van der Waals surface area contributed by atoms with E-state index < -0.39 is 0 Å². The average Bonchev–Trinajstić information content (AvgIpc) is 2.29. The van der Waals surface area contributed by atoms with Crippen molar-refractivity contribution in [2.75, 3.05) is 20.7 Å². The molecule has 0 aromatic heterocycles. The third-order valence-corrected chi connectivity index (χ3v) is 3.80. The summed E-state index contributed by atoms with van der Waals surface area (Å²) in [6.45, 7) is 8.95. The maximum absolute atomic E-state index is 5.57. The topological polar surface area (TPSA) is 12.5 Å². The van der Waals surface area contributed by atoms with Crippen LogP contribution in [-0.4, -0.2) is 25.6 Å². The Balaban J connectivity index is 2.58. The van der Waals surface area contributed by atoms with Crippen molar-refractivity contribution in [1.29, 1.82) is 0 Å². The zero-order valence-electron chi connectivity index (χ0n) is 11.6. The van der Waals surface area contributed by atoms with E-state index >= 15 is 0 Å². The normalized spacial score (nSPS) is 16.1. The van der Waals surface area contributed by atoms with E-state index in [0.717, 1.165) is 25.3 Å². The number of methoxy groups -OCH3 is 1. The van der Waals surface area contributed by atoms with Gasteiger partial charge in [-0.2, -0.15) is 0 Å². The molecule has 0 atom stereocenters. The molecule has 0 saturated carbocycles. The summed E-state index contributed by atoms with van der Waals surface area (Å²) < 4.78 is 5.57. The predicted octanol–water partition coefficient (Wildman–Crippen LogP) is 3.11. The van der Waals surface area contributed by atoms with Crippen molar-refractivity contribution >= 4 is 0 Å². The standard InChI is InChI=1S/C15H23NO/c1-10(2)15-11(3)13-9-16(4)7-6-12(13)8-14(15)17-5/h8,10H,6-7,9H2,1-5H3. The summed E-state index contributed by atoms with van der Waals surface area (Å²) in [6.07, 6.45) is 1.14. The molecule has 1 aromatic carbocycles. The van der Waals surface area contributed by atoms with Crippen LogP contribution < -0.4 is 4.74 Å². The third kappa shape index (κ3) is 2.19. The highest BCUT2D eigenvalue weighted by molar-refractivity contribution is 5.51. The number of fused-ring (bicyclic) bond motifs is 1. The number of benzene rings is 1. The first-order chi connectivity index (χ1) is 8.04. The van der Waals surface area contributed by atoms with Crippen molar-refractivity contribution in [2.24, 2.45) is 0 Å². The lowest BCUT2D eigenvalue weighted by molar-refractivity contribution is 0.310. The Morgan fingerprint density at radius 2 is 2.06 bits per heavy atom. The molecule has 1 aromatic rings. The fourth-order valence-corrected chi connectivity index (χ4v) is 2.90. The highest BCUT2D eigenvalue weighted by Gasteiger charge is 2.21. The van der Waals surface area contributed by atoms with Crippen LogP contribution in [0.2, 0.25) is 0 Å². The minimum atomic E-state index is 0.516. The molecule has 0 N–H and O–H groups in total. The maximum Gasteiger partial charge on any atom is 0.122 e. The fourth-order valence-electron chi connectivity index (χ4n) is 2.90. The van der Waals surface area contributed by atoms with Gasteiger partial charge in [0.2, 0.25) is 0 Å². The Labute approximate surface area is 105 Å². The molecule has 0 aliphatic carbocycles. The molecule has 0 unspecified atom stereocenters. The minimum absolute atomic E-state index is 0.516. The quantitative estimate of drug-likeness (QED) is 0.778. The number of ether oxygens (including phenoxy) is 1. The third-order valence-electron chi connectivity index (χ3n) is 3.80. The predicted molar refractivity (Wildman–Crippen MR) is 71.9 cm³/mol.